The average Bonchev–Trinajstić information content (AvgIpc) is 2.88. The Labute approximate surface area is 100 Å². The first-order valence-corrected chi connectivity index (χ1v) is 6.87. The molecule has 0 radical (unpaired) electrons. The van der Waals surface area contributed by atoms with Gasteiger partial charge in [0.25, 0.3) is 0 Å². The maximum Gasteiger partial charge on any atom is 0.0316 e. The normalized spacial score (nSPS) is 21.9. The first-order chi connectivity index (χ1) is 7.68. The van der Waals surface area contributed by atoms with Crippen LogP contribution in [0.4, 0.5) is 0 Å². The van der Waals surface area contributed by atoms with E-state index in [1.165, 1.54) is 5.57 Å². The molecule has 0 fully saturated rings. The Balaban J connectivity index is 2.09. The van der Waals surface area contributed by atoms with E-state index in [-0.39, 0.29) is 0 Å². The summed E-state index contributed by atoms with van der Waals surface area (Å²) in [6.45, 7) is 2.29. The largest absolute Gasteiger partial charge is 0.303 e. The molecule has 2 atom stereocenters. The summed E-state index contributed by atoms with van der Waals surface area (Å²) in [5, 5.41) is 3.22. The fourth-order valence-electron chi connectivity index (χ4n) is 2.05. The van der Waals surface area contributed by atoms with E-state index in [2.05, 4.69) is 56.3 Å². The Hall–Kier alpha value is -0.650. The van der Waals surface area contributed by atoms with Crippen molar-refractivity contribution in [3.63, 3.8) is 0 Å². The SMILES string of the molecule is C[C@H](C1=C(PC2=CC=CC2)CC=C1)N(C)C. The maximum atomic E-state index is 2.32. The molecule has 0 aliphatic heterocycles. The van der Waals surface area contributed by atoms with E-state index in [0.717, 1.165) is 21.4 Å². The van der Waals surface area contributed by atoms with E-state index in [1.54, 1.807) is 10.6 Å². The molecular formula is C14H20NP. The number of hydrogen-bond donors (Lipinski definition) is 0. The molecular weight excluding hydrogens is 213 g/mol. The van der Waals surface area contributed by atoms with Gasteiger partial charge in [-0.25, -0.2) is 0 Å². The summed E-state index contributed by atoms with van der Waals surface area (Å²) >= 11 is 0. The molecule has 0 heterocycles. The van der Waals surface area contributed by atoms with Crippen molar-refractivity contribution < 1.29 is 0 Å². The van der Waals surface area contributed by atoms with Crippen LogP contribution in [-0.4, -0.2) is 25.0 Å². The monoisotopic (exact) mass is 233 g/mol. The summed E-state index contributed by atoms with van der Waals surface area (Å²) < 4.78 is 0. The molecule has 1 unspecified atom stereocenters. The van der Waals surface area contributed by atoms with Crippen LogP contribution >= 0.6 is 8.58 Å². The zero-order chi connectivity index (χ0) is 11.5. The lowest BCUT2D eigenvalue weighted by Gasteiger charge is -2.22. The summed E-state index contributed by atoms with van der Waals surface area (Å²) in [7, 11) is 5.20. The summed E-state index contributed by atoms with van der Waals surface area (Å²) in [6, 6.07) is 0.538. The Morgan fingerprint density at radius 1 is 1.25 bits per heavy atom. The van der Waals surface area contributed by atoms with E-state index < -0.39 is 0 Å². The molecule has 0 N–H and O–H groups in total. The number of allylic oxidation sites excluding steroid dienone is 6. The summed E-state index contributed by atoms with van der Waals surface area (Å²) in [4.78, 5) is 2.29. The van der Waals surface area contributed by atoms with Crippen molar-refractivity contribution in [1.82, 2.24) is 4.90 Å². The van der Waals surface area contributed by atoms with Crippen molar-refractivity contribution in [3.05, 3.63) is 46.6 Å². The highest BCUT2D eigenvalue weighted by molar-refractivity contribution is 7.48. The van der Waals surface area contributed by atoms with Crippen molar-refractivity contribution in [3.8, 4) is 0 Å². The van der Waals surface area contributed by atoms with Crippen LogP contribution in [0, 0.1) is 0 Å². The first kappa shape index (κ1) is 11.8. The fraction of sp³-hybridized carbons (Fsp3) is 0.429. The second kappa shape index (κ2) is 5.12. The van der Waals surface area contributed by atoms with Crippen molar-refractivity contribution in [2.24, 2.45) is 0 Å². The molecule has 0 saturated heterocycles. The molecule has 0 aromatic carbocycles. The van der Waals surface area contributed by atoms with Gasteiger partial charge in [-0.05, 0) is 50.1 Å². The van der Waals surface area contributed by atoms with Gasteiger partial charge in [0.05, 0.1) is 0 Å². The lowest BCUT2D eigenvalue weighted by molar-refractivity contribution is 0.354. The van der Waals surface area contributed by atoms with E-state index in [0.29, 0.717) is 6.04 Å². The molecule has 0 bridgehead atoms. The molecule has 2 rings (SSSR count). The number of likely N-dealkylation sites (N-methyl/N-ethyl adjacent to an activating group) is 1. The molecule has 0 amide bonds. The molecule has 2 heteroatoms. The van der Waals surface area contributed by atoms with E-state index in [9.17, 15) is 0 Å². The van der Waals surface area contributed by atoms with E-state index >= 15 is 0 Å². The summed E-state index contributed by atoms with van der Waals surface area (Å²) in [6.07, 6.45) is 13.6. The lowest BCUT2D eigenvalue weighted by Crippen LogP contribution is -2.26. The van der Waals surface area contributed by atoms with Gasteiger partial charge >= 0.3 is 0 Å². The highest BCUT2D eigenvalue weighted by Crippen LogP contribution is 2.44. The molecule has 16 heavy (non-hydrogen) atoms. The van der Waals surface area contributed by atoms with Gasteiger partial charge in [-0.15, -0.1) is 0 Å². The van der Waals surface area contributed by atoms with Crippen LogP contribution in [0.1, 0.15) is 19.8 Å². The third kappa shape index (κ3) is 2.53. The molecule has 2 aliphatic rings. The zero-order valence-electron chi connectivity index (χ0n) is 10.3. The minimum Gasteiger partial charge on any atom is -0.303 e. The molecule has 86 valence electrons. The van der Waals surface area contributed by atoms with Crippen LogP contribution < -0.4 is 0 Å². The van der Waals surface area contributed by atoms with E-state index in [4.69, 9.17) is 0 Å². The van der Waals surface area contributed by atoms with Gasteiger partial charge in [0.1, 0.15) is 0 Å². The van der Waals surface area contributed by atoms with Crippen LogP contribution in [-0.2, 0) is 0 Å². The first-order valence-electron chi connectivity index (χ1n) is 5.87. The Bertz CT molecular complexity index is 386. The molecule has 1 nitrogen and oxygen atoms in total. The molecule has 0 spiro atoms. The van der Waals surface area contributed by atoms with Gasteiger partial charge in [-0.2, -0.15) is 0 Å². The third-order valence-corrected chi connectivity index (χ3v) is 4.76. The Morgan fingerprint density at radius 3 is 2.69 bits per heavy atom. The summed E-state index contributed by atoms with van der Waals surface area (Å²) in [5.74, 6) is 0. The van der Waals surface area contributed by atoms with Gasteiger partial charge < -0.3 is 4.90 Å². The van der Waals surface area contributed by atoms with Crippen molar-refractivity contribution in [2.75, 3.05) is 14.1 Å². The number of hydrogen-bond acceptors (Lipinski definition) is 1. The van der Waals surface area contributed by atoms with Crippen LogP contribution in [0.2, 0.25) is 0 Å². The molecule has 0 saturated carbocycles. The molecule has 0 aromatic heterocycles. The topological polar surface area (TPSA) is 3.24 Å². The standard InChI is InChI=1S/C14H20NP/c1-11(15(2)3)13-9-6-10-14(13)16-12-7-4-5-8-12/h4-7,9,11,16H,8,10H2,1-3H3/t11-/m1/s1. The smallest absolute Gasteiger partial charge is 0.0316 e. The fourth-order valence-corrected chi connectivity index (χ4v) is 3.49. The van der Waals surface area contributed by atoms with E-state index in [1.807, 2.05) is 0 Å². The maximum absolute atomic E-state index is 2.32. The van der Waals surface area contributed by atoms with Crippen molar-refractivity contribution >= 4 is 8.58 Å². The Morgan fingerprint density at radius 2 is 2.06 bits per heavy atom. The number of nitrogens with zero attached hydrogens (tertiary/aromatic N) is 1. The average molecular weight is 233 g/mol. The predicted octanol–water partition coefficient (Wildman–Crippen LogP) is 3.67. The minimum atomic E-state index is 0.538. The third-order valence-electron chi connectivity index (χ3n) is 3.28. The van der Waals surface area contributed by atoms with Crippen LogP contribution in [0.15, 0.2) is 46.6 Å². The van der Waals surface area contributed by atoms with Crippen molar-refractivity contribution in [1.29, 1.82) is 0 Å². The zero-order valence-corrected chi connectivity index (χ0v) is 11.3. The second-order valence-corrected chi connectivity index (χ2v) is 6.12. The highest BCUT2D eigenvalue weighted by Gasteiger charge is 2.17. The van der Waals surface area contributed by atoms with Crippen LogP contribution in [0.5, 0.6) is 0 Å². The number of rotatable bonds is 4. The minimum absolute atomic E-state index is 0.538. The molecule has 0 aromatic rings. The highest BCUT2D eigenvalue weighted by atomic mass is 31.1. The van der Waals surface area contributed by atoms with Gasteiger partial charge in [-0.3, -0.25) is 0 Å². The van der Waals surface area contributed by atoms with Gasteiger partial charge in [-0.1, -0.05) is 39.0 Å². The predicted molar refractivity (Wildman–Crippen MR) is 74.1 cm³/mol. The molecule has 2 aliphatic carbocycles. The second-order valence-electron chi connectivity index (χ2n) is 4.63. The van der Waals surface area contributed by atoms with Crippen molar-refractivity contribution in [2.45, 2.75) is 25.8 Å². The summed E-state index contributed by atoms with van der Waals surface area (Å²) in [5.41, 5.74) is 1.54. The lowest BCUT2D eigenvalue weighted by atomic mass is 10.1. The van der Waals surface area contributed by atoms with Gasteiger partial charge in [0.15, 0.2) is 0 Å². The van der Waals surface area contributed by atoms with Gasteiger partial charge in [0, 0.05) is 6.04 Å². The quantitative estimate of drug-likeness (QED) is 0.670. The Kier molecular flexibility index (Phi) is 3.78. The van der Waals surface area contributed by atoms with Crippen LogP contribution in [0.25, 0.3) is 0 Å². The van der Waals surface area contributed by atoms with Gasteiger partial charge in [0.2, 0.25) is 0 Å². The van der Waals surface area contributed by atoms with Crippen LogP contribution in [0.3, 0.4) is 0 Å².